The van der Waals surface area contributed by atoms with Crippen LogP contribution in [0.5, 0.6) is 0 Å². The topological polar surface area (TPSA) is 96.5 Å². The van der Waals surface area contributed by atoms with Crippen molar-refractivity contribution in [1.29, 1.82) is 0 Å². The quantitative estimate of drug-likeness (QED) is 0.711. The Bertz CT molecular complexity index is 853. The zero-order valence-electron chi connectivity index (χ0n) is 16.5. The number of aryl methyl sites for hydroxylation is 3. The fourth-order valence-corrected chi connectivity index (χ4v) is 2.81. The second kappa shape index (κ2) is 9.55. The summed E-state index contributed by atoms with van der Waals surface area (Å²) in [6.45, 7) is 7.70. The molecule has 0 aromatic heterocycles. The number of ether oxygens (including phenoxy) is 1. The molecule has 2 aromatic rings. The first-order chi connectivity index (χ1) is 13.3. The van der Waals surface area contributed by atoms with E-state index in [1.54, 1.807) is 31.2 Å². The predicted molar refractivity (Wildman–Crippen MR) is 109 cm³/mol. The van der Waals surface area contributed by atoms with Crippen molar-refractivity contribution in [3.63, 3.8) is 0 Å². The standard InChI is InChI=1S/C21H25N3O4/c1-5-28-21(27)23-17-8-6-16(7-9-17)20(26)22-12-18(25)24-19-14(3)10-13(2)11-15(19)4/h6-11H,5,12H2,1-4H3,(H,22,26)(H,23,27)(H,24,25). The molecule has 0 radical (unpaired) electrons. The van der Waals surface area contributed by atoms with Gasteiger partial charge >= 0.3 is 6.09 Å². The number of rotatable bonds is 6. The average molecular weight is 383 g/mol. The highest BCUT2D eigenvalue weighted by atomic mass is 16.5. The third kappa shape index (κ3) is 5.84. The highest BCUT2D eigenvalue weighted by molar-refractivity contribution is 6.00. The van der Waals surface area contributed by atoms with Crippen LogP contribution in [0.15, 0.2) is 36.4 Å². The molecule has 2 aromatic carbocycles. The number of carbonyl (C=O) groups excluding carboxylic acids is 3. The van der Waals surface area contributed by atoms with Crippen LogP contribution in [0, 0.1) is 20.8 Å². The van der Waals surface area contributed by atoms with Crippen LogP contribution in [-0.2, 0) is 9.53 Å². The molecule has 0 heterocycles. The van der Waals surface area contributed by atoms with Gasteiger partial charge in [0, 0.05) is 16.9 Å². The number of nitrogens with one attached hydrogen (secondary N) is 3. The lowest BCUT2D eigenvalue weighted by atomic mass is 10.1. The van der Waals surface area contributed by atoms with E-state index in [0.29, 0.717) is 11.3 Å². The third-order valence-electron chi connectivity index (χ3n) is 4.02. The summed E-state index contributed by atoms with van der Waals surface area (Å²) in [5.74, 6) is -0.681. The van der Waals surface area contributed by atoms with Crippen LogP contribution in [-0.4, -0.2) is 31.1 Å². The van der Waals surface area contributed by atoms with Crippen LogP contribution in [0.1, 0.15) is 34.0 Å². The molecule has 0 unspecified atom stereocenters. The van der Waals surface area contributed by atoms with Gasteiger partial charge in [-0.1, -0.05) is 17.7 Å². The van der Waals surface area contributed by atoms with Gasteiger partial charge in [-0.2, -0.15) is 0 Å². The molecule has 0 saturated heterocycles. The van der Waals surface area contributed by atoms with Gasteiger partial charge in [0.1, 0.15) is 0 Å². The Morgan fingerprint density at radius 1 is 0.929 bits per heavy atom. The molecule has 0 bridgehead atoms. The van der Waals surface area contributed by atoms with Gasteiger partial charge in [0.15, 0.2) is 0 Å². The van der Waals surface area contributed by atoms with E-state index in [2.05, 4.69) is 16.0 Å². The summed E-state index contributed by atoms with van der Waals surface area (Å²) in [4.78, 5) is 35.8. The van der Waals surface area contributed by atoms with Gasteiger partial charge < -0.3 is 15.4 Å². The highest BCUT2D eigenvalue weighted by Crippen LogP contribution is 2.21. The molecule has 0 aliphatic rings. The summed E-state index contributed by atoms with van der Waals surface area (Å²) in [6.07, 6.45) is -0.557. The molecule has 0 aliphatic heterocycles. The molecule has 148 valence electrons. The monoisotopic (exact) mass is 383 g/mol. The maximum atomic E-state index is 12.2. The van der Waals surface area contributed by atoms with Gasteiger partial charge in [-0.25, -0.2) is 4.79 Å². The van der Waals surface area contributed by atoms with Crippen molar-refractivity contribution in [1.82, 2.24) is 5.32 Å². The maximum Gasteiger partial charge on any atom is 0.411 e. The Balaban J connectivity index is 1.89. The van der Waals surface area contributed by atoms with Gasteiger partial charge in [-0.05, 0) is 63.1 Å². The van der Waals surface area contributed by atoms with Crippen LogP contribution >= 0.6 is 0 Å². The summed E-state index contributed by atoms with van der Waals surface area (Å²) in [7, 11) is 0. The normalized spacial score (nSPS) is 10.1. The highest BCUT2D eigenvalue weighted by Gasteiger charge is 2.11. The first kappa shape index (κ1) is 21.0. The number of hydrogen-bond acceptors (Lipinski definition) is 4. The molecular formula is C21H25N3O4. The van der Waals surface area contributed by atoms with Gasteiger partial charge in [-0.15, -0.1) is 0 Å². The molecular weight excluding hydrogens is 358 g/mol. The average Bonchev–Trinajstić information content (AvgIpc) is 2.63. The van der Waals surface area contributed by atoms with Crippen molar-refractivity contribution in [3.8, 4) is 0 Å². The predicted octanol–water partition coefficient (Wildman–Crippen LogP) is 3.55. The Kier molecular flexibility index (Phi) is 7.14. The summed E-state index contributed by atoms with van der Waals surface area (Å²) >= 11 is 0. The van der Waals surface area contributed by atoms with Crippen molar-refractivity contribution in [3.05, 3.63) is 58.7 Å². The first-order valence-corrected chi connectivity index (χ1v) is 9.00. The van der Waals surface area contributed by atoms with E-state index in [1.807, 2.05) is 32.9 Å². The summed E-state index contributed by atoms with van der Waals surface area (Å²) in [5.41, 5.74) is 4.73. The smallest absolute Gasteiger partial charge is 0.411 e. The Labute approximate surface area is 164 Å². The van der Waals surface area contributed by atoms with Crippen molar-refractivity contribution in [2.75, 3.05) is 23.8 Å². The lowest BCUT2D eigenvalue weighted by Gasteiger charge is -2.13. The zero-order chi connectivity index (χ0) is 20.7. The van der Waals surface area contributed by atoms with Crippen molar-refractivity contribution in [2.45, 2.75) is 27.7 Å². The Morgan fingerprint density at radius 3 is 2.11 bits per heavy atom. The second-order valence-electron chi connectivity index (χ2n) is 6.43. The molecule has 28 heavy (non-hydrogen) atoms. The maximum absolute atomic E-state index is 12.2. The SMILES string of the molecule is CCOC(=O)Nc1ccc(C(=O)NCC(=O)Nc2c(C)cc(C)cc2C)cc1. The molecule has 3 amide bonds. The Morgan fingerprint density at radius 2 is 1.54 bits per heavy atom. The van der Waals surface area contributed by atoms with E-state index in [-0.39, 0.29) is 25.0 Å². The summed E-state index contributed by atoms with van der Waals surface area (Å²) < 4.78 is 4.79. The zero-order valence-corrected chi connectivity index (χ0v) is 16.5. The van der Waals surface area contributed by atoms with E-state index >= 15 is 0 Å². The second-order valence-corrected chi connectivity index (χ2v) is 6.43. The lowest BCUT2D eigenvalue weighted by Crippen LogP contribution is -2.33. The fraction of sp³-hybridized carbons (Fsp3) is 0.286. The van der Waals surface area contributed by atoms with E-state index in [0.717, 1.165) is 22.4 Å². The molecule has 0 fully saturated rings. The fourth-order valence-electron chi connectivity index (χ4n) is 2.81. The molecule has 7 heteroatoms. The molecule has 0 aliphatic carbocycles. The molecule has 2 rings (SSSR count). The number of benzene rings is 2. The first-order valence-electron chi connectivity index (χ1n) is 9.00. The molecule has 3 N–H and O–H groups in total. The van der Waals surface area contributed by atoms with Crippen molar-refractivity contribution in [2.24, 2.45) is 0 Å². The Hall–Kier alpha value is -3.35. The minimum Gasteiger partial charge on any atom is -0.450 e. The largest absolute Gasteiger partial charge is 0.450 e. The summed E-state index contributed by atoms with van der Waals surface area (Å²) in [6, 6.07) is 10.3. The lowest BCUT2D eigenvalue weighted by molar-refractivity contribution is -0.115. The number of hydrogen-bond donors (Lipinski definition) is 3. The van der Waals surface area contributed by atoms with Crippen LogP contribution < -0.4 is 16.0 Å². The van der Waals surface area contributed by atoms with E-state index in [9.17, 15) is 14.4 Å². The molecule has 0 spiro atoms. The van der Waals surface area contributed by atoms with Gasteiger partial charge in [0.25, 0.3) is 5.91 Å². The van der Waals surface area contributed by atoms with Crippen LogP contribution in [0.25, 0.3) is 0 Å². The van der Waals surface area contributed by atoms with Crippen molar-refractivity contribution < 1.29 is 19.1 Å². The van der Waals surface area contributed by atoms with E-state index in [1.165, 1.54) is 0 Å². The third-order valence-corrected chi connectivity index (χ3v) is 4.02. The number of amides is 3. The molecule has 0 atom stereocenters. The van der Waals surface area contributed by atoms with Crippen LogP contribution in [0.4, 0.5) is 16.2 Å². The van der Waals surface area contributed by atoms with E-state index in [4.69, 9.17) is 4.74 Å². The number of carbonyl (C=O) groups is 3. The molecule has 0 saturated carbocycles. The van der Waals surface area contributed by atoms with Gasteiger partial charge in [0.2, 0.25) is 5.91 Å². The van der Waals surface area contributed by atoms with Crippen LogP contribution in [0.2, 0.25) is 0 Å². The van der Waals surface area contributed by atoms with Crippen LogP contribution in [0.3, 0.4) is 0 Å². The van der Waals surface area contributed by atoms with Crippen molar-refractivity contribution >= 4 is 29.3 Å². The van der Waals surface area contributed by atoms with Gasteiger partial charge in [-0.3, -0.25) is 14.9 Å². The van der Waals surface area contributed by atoms with E-state index < -0.39 is 6.09 Å². The van der Waals surface area contributed by atoms with Gasteiger partial charge in [0.05, 0.1) is 13.2 Å². The minimum absolute atomic E-state index is 0.144. The summed E-state index contributed by atoms with van der Waals surface area (Å²) in [5, 5.41) is 7.97. The number of anilines is 2. The minimum atomic E-state index is -0.557. The molecule has 7 nitrogen and oxygen atoms in total.